The summed E-state index contributed by atoms with van der Waals surface area (Å²) in [6, 6.07) is 3.69. The molecule has 6 nitrogen and oxygen atoms in total. The minimum atomic E-state index is -3.33. The van der Waals surface area contributed by atoms with Crippen LogP contribution >= 0.6 is 0 Å². The summed E-state index contributed by atoms with van der Waals surface area (Å²) in [5.74, 6) is -0.472. The third kappa shape index (κ3) is 6.88. The second-order valence-electron chi connectivity index (χ2n) is 4.00. The number of pyridine rings is 1. The lowest BCUT2D eigenvalue weighted by Crippen LogP contribution is -2.28. The Morgan fingerprint density at radius 3 is 2.89 bits per heavy atom. The average Bonchev–Trinajstić information content (AvgIpc) is 2.39. The first-order valence-corrected chi connectivity index (χ1v) is 7.62. The number of rotatable bonds is 8. The Morgan fingerprint density at radius 2 is 2.26 bits per heavy atom. The molecule has 0 aliphatic heterocycles. The molecule has 1 rings (SSSR count). The highest BCUT2D eigenvalue weighted by molar-refractivity contribution is 7.89. The number of sulfonamides is 1. The number of nitrogens with one attached hydrogen (secondary N) is 1. The Morgan fingerprint density at radius 1 is 1.47 bits per heavy atom. The van der Waals surface area contributed by atoms with E-state index < -0.39 is 16.0 Å². The van der Waals surface area contributed by atoms with Crippen LogP contribution in [0.4, 0.5) is 0 Å². The summed E-state index contributed by atoms with van der Waals surface area (Å²) in [5, 5.41) is 0. The first kappa shape index (κ1) is 15.6. The van der Waals surface area contributed by atoms with Gasteiger partial charge in [0.25, 0.3) is 0 Å². The summed E-state index contributed by atoms with van der Waals surface area (Å²) in [6.07, 6.45) is 4.32. The molecule has 19 heavy (non-hydrogen) atoms. The molecule has 0 fully saturated rings. The monoisotopic (exact) mass is 286 g/mol. The van der Waals surface area contributed by atoms with Gasteiger partial charge in [-0.2, -0.15) is 0 Å². The lowest BCUT2D eigenvalue weighted by atomic mass is 10.2. The quantitative estimate of drug-likeness (QED) is 0.703. The van der Waals surface area contributed by atoms with Gasteiger partial charge in [0.2, 0.25) is 10.0 Å². The number of ether oxygens (including phenoxy) is 1. The van der Waals surface area contributed by atoms with Crippen molar-refractivity contribution in [2.45, 2.75) is 19.3 Å². The van der Waals surface area contributed by atoms with E-state index in [0.717, 1.165) is 5.56 Å². The third-order valence-corrected chi connectivity index (χ3v) is 3.95. The first-order chi connectivity index (χ1) is 9.03. The van der Waals surface area contributed by atoms with Crippen molar-refractivity contribution in [2.75, 3.05) is 19.4 Å². The highest BCUT2D eigenvalue weighted by atomic mass is 32.2. The van der Waals surface area contributed by atoms with Crippen LogP contribution in [0.2, 0.25) is 0 Å². The van der Waals surface area contributed by atoms with Crippen LogP contribution in [-0.4, -0.2) is 38.8 Å². The molecule has 0 saturated carbocycles. The van der Waals surface area contributed by atoms with E-state index in [1.807, 2.05) is 6.07 Å². The Labute approximate surface area is 113 Å². The van der Waals surface area contributed by atoms with Crippen molar-refractivity contribution < 1.29 is 17.9 Å². The van der Waals surface area contributed by atoms with E-state index in [-0.39, 0.29) is 18.6 Å². The molecular weight excluding hydrogens is 268 g/mol. The molecule has 106 valence electrons. The number of esters is 1. The Kier molecular flexibility index (Phi) is 6.44. The van der Waals surface area contributed by atoms with Crippen LogP contribution in [0.25, 0.3) is 0 Å². The molecule has 0 bridgehead atoms. The molecule has 7 heteroatoms. The van der Waals surface area contributed by atoms with Crippen molar-refractivity contribution >= 4 is 16.0 Å². The lowest BCUT2D eigenvalue weighted by molar-refractivity contribution is -0.140. The number of hydrogen-bond donors (Lipinski definition) is 1. The van der Waals surface area contributed by atoms with Crippen LogP contribution < -0.4 is 4.72 Å². The topological polar surface area (TPSA) is 85.4 Å². The van der Waals surface area contributed by atoms with Gasteiger partial charge in [0.1, 0.15) is 0 Å². The molecule has 0 atom stereocenters. The molecule has 0 aliphatic carbocycles. The highest BCUT2D eigenvalue weighted by Gasteiger charge is 2.11. The standard InChI is InChI=1S/C12H18N2O4S/c1-18-12(15)5-3-9-19(16,17)14-8-6-11-4-2-7-13-10-11/h2,4,7,10,14H,3,5-6,8-9H2,1H3. The van der Waals surface area contributed by atoms with E-state index in [1.54, 1.807) is 18.5 Å². The normalized spacial score (nSPS) is 11.2. The minimum Gasteiger partial charge on any atom is -0.469 e. The number of carbonyl (C=O) groups is 1. The van der Waals surface area contributed by atoms with Crippen LogP contribution in [0.1, 0.15) is 18.4 Å². The fourth-order valence-electron chi connectivity index (χ4n) is 1.48. The Bertz CT molecular complexity index is 488. The summed E-state index contributed by atoms with van der Waals surface area (Å²) in [7, 11) is -2.05. The Hall–Kier alpha value is -1.47. The molecule has 0 amide bonds. The van der Waals surface area contributed by atoms with Crippen molar-refractivity contribution in [3.63, 3.8) is 0 Å². The molecule has 0 aliphatic rings. The smallest absolute Gasteiger partial charge is 0.305 e. The molecule has 1 heterocycles. The fourth-order valence-corrected chi connectivity index (χ4v) is 2.56. The van der Waals surface area contributed by atoms with Crippen molar-refractivity contribution in [3.05, 3.63) is 30.1 Å². The maximum absolute atomic E-state index is 11.6. The fraction of sp³-hybridized carbons (Fsp3) is 0.500. The van der Waals surface area contributed by atoms with Gasteiger partial charge in [0.15, 0.2) is 0 Å². The molecule has 0 unspecified atom stereocenters. The number of carbonyl (C=O) groups excluding carboxylic acids is 1. The van der Waals surface area contributed by atoms with Crippen LogP contribution in [0.5, 0.6) is 0 Å². The molecule has 0 radical (unpaired) electrons. The minimum absolute atomic E-state index is 0.0743. The molecule has 1 N–H and O–H groups in total. The van der Waals surface area contributed by atoms with Crippen molar-refractivity contribution in [1.82, 2.24) is 9.71 Å². The molecule has 0 saturated heterocycles. The van der Waals surface area contributed by atoms with Crippen molar-refractivity contribution in [1.29, 1.82) is 0 Å². The summed E-state index contributed by atoms with van der Waals surface area (Å²) in [5.41, 5.74) is 0.972. The number of aromatic nitrogens is 1. The zero-order valence-electron chi connectivity index (χ0n) is 10.8. The van der Waals surface area contributed by atoms with Gasteiger partial charge in [0, 0.05) is 25.4 Å². The van der Waals surface area contributed by atoms with E-state index in [2.05, 4.69) is 14.4 Å². The van der Waals surface area contributed by atoms with E-state index >= 15 is 0 Å². The molecule has 1 aromatic rings. The van der Waals surface area contributed by atoms with E-state index in [4.69, 9.17) is 0 Å². The zero-order valence-corrected chi connectivity index (χ0v) is 11.6. The van der Waals surface area contributed by atoms with E-state index in [0.29, 0.717) is 13.0 Å². The van der Waals surface area contributed by atoms with Crippen LogP contribution in [-0.2, 0) is 26.0 Å². The van der Waals surface area contributed by atoms with Gasteiger partial charge in [-0.25, -0.2) is 13.1 Å². The lowest BCUT2D eigenvalue weighted by Gasteiger charge is -2.06. The van der Waals surface area contributed by atoms with E-state index in [9.17, 15) is 13.2 Å². The summed E-state index contributed by atoms with van der Waals surface area (Å²) < 4.78 is 30.2. The third-order valence-electron chi connectivity index (χ3n) is 2.48. The second kappa shape index (κ2) is 7.85. The van der Waals surface area contributed by atoms with Gasteiger partial charge >= 0.3 is 5.97 Å². The Balaban J connectivity index is 2.25. The largest absolute Gasteiger partial charge is 0.469 e. The van der Waals surface area contributed by atoms with Crippen molar-refractivity contribution in [3.8, 4) is 0 Å². The van der Waals surface area contributed by atoms with Crippen molar-refractivity contribution in [2.24, 2.45) is 0 Å². The van der Waals surface area contributed by atoms with Gasteiger partial charge in [0.05, 0.1) is 12.9 Å². The zero-order chi connectivity index (χ0) is 14.1. The summed E-state index contributed by atoms with van der Waals surface area (Å²) in [4.78, 5) is 14.8. The number of methoxy groups -OCH3 is 1. The SMILES string of the molecule is COC(=O)CCCS(=O)(=O)NCCc1cccnc1. The summed E-state index contributed by atoms with van der Waals surface area (Å²) in [6.45, 7) is 0.326. The maximum Gasteiger partial charge on any atom is 0.305 e. The van der Waals surface area contributed by atoms with Gasteiger partial charge < -0.3 is 4.74 Å². The number of hydrogen-bond acceptors (Lipinski definition) is 5. The molecule has 0 aromatic carbocycles. The maximum atomic E-state index is 11.6. The molecule has 1 aromatic heterocycles. The van der Waals surface area contributed by atoms with Gasteiger partial charge in [-0.05, 0) is 24.5 Å². The van der Waals surface area contributed by atoms with Crippen LogP contribution in [0, 0.1) is 0 Å². The predicted octanol–water partition coefficient (Wildman–Crippen LogP) is 0.497. The highest BCUT2D eigenvalue weighted by Crippen LogP contribution is 1.99. The van der Waals surface area contributed by atoms with Crippen LogP contribution in [0.3, 0.4) is 0 Å². The first-order valence-electron chi connectivity index (χ1n) is 5.96. The van der Waals surface area contributed by atoms with Gasteiger partial charge in [-0.3, -0.25) is 9.78 Å². The van der Waals surface area contributed by atoms with Crippen LogP contribution in [0.15, 0.2) is 24.5 Å². The molecular formula is C12H18N2O4S. The summed E-state index contributed by atoms with van der Waals surface area (Å²) >= 11 is 0. The van der Waals surface area contributed by atoms with Gasteiger partial charge in [-0.15, -0.1) is 0 Å². The average molecular weight is 286 g/mol. The predicted molar refractivity (Wildman–Crippen MR) is 71.0 cm³/mol. The number of nitrogens with zero attached hydrogens (tertiary/aromatic N) is 1. The second-order valence-corrected chi connectivity index (χ2v) is 5.93. The molecule has 0 spiro atoms. The van der Waals surface area contributed by atoms with E-state index in [1.165, 1.54) is 7.11 Å². The van der Waals surface area contributed by atoms with Gasteiger partial charge in [-0.1, -0.05) is 6.07 Å².